The molecule has 26 heavy (non-hydrogen) atoms. The minimum absolute atomic E-state index is 0.274. The molecule has 0 unspecified atom stereocenters. The number of benzene rings is 1. The Kier molecular flexibility index (Phi) is 4.03. The van der Waals surface area contributed by atoms with Crippen LogP contribution in [-0.4, -0.2) is 43.8 Å². The number of sulfonamides is 1. The van der Waals surface area contributed by atoms with E-state index in [0.29, 0.717) is 30.8 Å². The van der Waals surface area contributed by atoms with Gasteiger partial charge in [-0.15, -0.1) is 11.6 Å². The smallest absolute Gasteiger partial charge is 0.327 e. The zero-order valence-electron chi connectivity index (χ0n) is 14.9. The van der Waals surface area contributed by atoms with Crippen LogP contribution in [0.4, 0.5) is 0 Å². The number of esters is 1. The minimum Gasteiger partial charge on any atom is -0.468 e. The van der Waals surface area contributed by atoms with Gasteiger partial charge in [0.15, 0.2) is 4.87 Å². The Morgan fingerprint density at radius 1 is 1.12 bits per heavy atom. The van der Waals surface area contributed by atoms with E-state index in [9.17, 15) is 13.2 Å². The Morgan fingerprint density at radius 2 is 1.69 bits per heavy atom. The predicted molar refractivity (Wildman–Crippen MR) is 98.5 cm³/mol. The van der Waals surface area contributed by atoms with Crippen LogP contribution in [0.2, 0.25) is 0 Å². The molecule has 1 saturated carbocycles. The second kappa shape index (κ2) is 5.81. The summed E-state index contributed by atoms with van der Waals surface area (Å²) in [6.45, 7) is 2.61. The highest BCUT2D eigenvalue weighted by Gasteiger charge is 2.66. The molecule has 140 valence electrons. The van der Waals surface area contributed by atoms with Crippen molar-refractivity contribution in [2.45, 2.75) is 42.4 Å². The first-order chi connectivity index (χ1) is 12.2. The van der Waals surface area contributed by atoms with E-state index in [2.05, 4.69) is 0 Å². The van der Waals surface area contributed by atoms with Crippen molar-refractivity contribution in [1.82, 2.24) is 4.31 Å². The normalized spacial score (nSPS) is 27.5. The Bertz CT molecular complexity index is 902. The molecule has 1 aromatic carbocycles. The average Bonchev–Trinajstić information content (AvgIpc) is 3.27. The van der Waals surface area contributed by atoms with Gasteiger partial charge in [-0.05, 0) is 38.3 Å². The van der Waals surface area contributed by atoms with Crippen molar-refractivity contribution in [3.8, 4) is 0 Å². The van der Waals surface area contributed by atoms with Gasteiger partial charge in [-0.2, -0.15) is 4.31 Å². The fourth-order valence-corrected chi connectivity index (χ4v) is 6.22. The number of nitrogens with zero attached hydrogens (tertiary/aromatic N) is 1. The van der Waals surface area contributed by atoms with E-state index in [4.69, 9.17) is 16.3 Å². The molecule has 5 nitrogen and oxygen atoms in total. The molecule has 0 saturated heterocycles. The zero-order chi connectivity index (χ0) is 18.7. The van der Waals surface area contributed by atoms with Gasteiger partial charge in [-0.25, -0.2) is 8.42 Å². The third-order valence-electron chi connectivity index (χ3n) is 6.11. The summed E-state index contributed by atoms with van der Waals surface area (Å²) in [7, 11) is -2.20. The summed E-state index contributed by atoms with van der Waals surface area (Å²) in [4.78, 5) is 11.6. The molecule has 0 bridgehead atoms. The summed E-state index contributed by atoms with van der Waals surface area (Å²) in [5.74, 6) is -0.400. The van der Waals surface area contributed by atoms with E-state index in [1.807, 2.05) is 6.92 Å². The Morgan fingerprint density at radius 3 is 2.23 bits per heavy atom. The largest absolute Gasteiger partial charge is 0.468 e. The van der Waals surface area contributed by atoms with E-state index >= 15 is 0 Å². The van der Waals surface area contributed by atoms with Gasteiger partial charge < -0.3 is 4.74 Å². The molecular weight excluding hydrogens is 374 g/mol. The highest BCUT2D eigenvalue weighted by atomic mass is 35.5. The molecule has 3 aliphatic rings. The van der Waals surface area contributed by atoms with E-state index in [-0.39, 0.29) is 5.41 Å². The number of alkyl halides is 1. The highest BCUT2D eigenvalue weighted by Crippen LogP contribution is 2.66. The summed E-state index contributed by atoms with van der Waals surface area (Å²) in [5.41, 5.74) is 2.84. The fraction of sp³-hybridized carbons (Fsp3) is 0.526. The van der Waals surface area contributed by atoms with Gasteiger partial charge in [-0.3, -0.25) is 4.79 Å². The Balaban J connectivity index is 1.61. The SMILES string of the molecule is COC(=O)[C@@]1(Cl)CC2=C(CN(S(=O)(=O)c3ccc(C)cc3)C2)CC12CC2. The van der Waals surface area contributed by atoms with Crippen molar-refractivity contribution < 1.29 is 17.9 Å². The van der Waals surface area contributed by atoms with Crippen molar-refractivity contribution in [1.29, 1.82) is 0 Å². The maximum atomic E-state index is 13.0. The van der Waals surface area contributed by atoms with E-state index < -0.39 is 20.9 Å². The molecule has 0 aromatic heterocycles. The molecule has 1 aliphatic heterocycles. The van der Waals surface area contributed by atoms with Gasteiger partial charge in [0.1, 0.15) is 0 Å². The van der Waals surface area contributed by atoms with Crippen LogP contribution in [0.15, 0.2) is 40.3 Å². The third kappa shape index (κ3) is 2.53. The summed E-state index contributed by atoms with van der Waals surface area (Å²) in [5, 5.41) is 0. The van der Waals surface area contributed by atoms with Crippen LogP contribution in [0.5, 0.6) is 0 Å². The number of hydrogen-bond donors (Lipinski definition) is 0. The number of methoxy groups -OCH3 is 1. The topological polar surface area (TPSA) is 63.7 Å². The first-order valence-corrected chi connectivity index (χ1v) is 10.6. The molecule has 1 atom stereocenters. The molecule has 4 rings (SSSR count). The first kappa shape index (κ1) is 18.0. The zero-order valence-corrected chi connectivity index (χ0v) is 16.5. The summed E-state index contributed by atoms with van der Waals surface area (Å²) < 4.78 is 32.4. The number of rotatable bonds is 3. The standard InChI is InChI=1S/C19H22ClNO4S/c1-13-3-5-16(6-4-13)26(23,24)21-11-14-9-18(7-8-18)19(20,17(22)25-2)10-15(14)12-21/h3-6H,7-12H2,1-2H3/t19-/m0/s1. The van der Waals surface area contributed by atoms with Crippen LogP contribution in [0.3, 0.4) is 0 Å². The second-order valence-corrected chi connectivity index (χ2v) is 10.3. The fourth-order valence-electron chi connectivity index (χ4n) is 4.30. The summed E-state index contributed by atoms with van der Waals surface area (Å²) >= 11 is 6.77. The number of hydrogen-bond acceptors (Lipinski definition) is 4. The van der Waals surface area contributed by atoms with E-state index in [1.165, 1.54) is 11.4 Å². The number of aryl methyl sites for hydroxylation is 1. The summed E-state index contributed by atoms with van der Waals surface area (Å²) in [6, 6.07) is 6.89. The number of ether oxygens (including phenoxy) is 1. The van der Waals surface area contributed by atoms with Crippen molar-refractivity contribution in [2.24, 2.45) is 5.41 Å². The molecule has 1 spiro atoms. The molecule has 1 heterocycles. The van der Waals surface area contributed by atoms with Crippen LogP contribution >= 0.6 is 11.6 Å². The number of carbonyl (C=O) groups is 1. The third-order valence-corrected chi connectivity index (χ3v) is 8.60. The quantitative estimate of drug-likeness (QED) is 0.448. The molecule has 2 aliphatic carbocycles. The number of carbonyl (C=O) groups excluding carboxylic acids is 1. The molecule has 0 amide bonds. The maximum Gasteiger partial charge on any atom is 0.327 e. The minimum atomic E-state index is -3.56. The molecule has 7 heteroatoms. The van der Waals surface area contributed by atoms with Gasteiger partial charge in [0.05, 0.1) is 12.0 Å². The second-order valence-electron chi connectivity index (χ2n) is 7.72. The molecule has 1 aromatic rings. The lowest BCUT2D eigenvalue weighted by Crippen LogP contribution is -2.46. The predicted octanol–water partition coefficient (Wildman–Crippen LogP) is 3.02. The van der Waals surface area contributed by atoms with Crippen molar-refractivity contribution in [3.05, 3.63) is 41.0 Å². The van der Waals surface area contributed by atoms with Crippen molar-refractivity contribution >= 4 is 27.6 Å². The van der Waals surface area contributed by atoms with Crippen LogP contribution in [-0.2, 0) is 19.6 Å². The lowest BCUT2D eigenvalue weighted by Gasteiger charge is -2.38. The lowest BCUT2D eigenvalue weighted by atomic mass is 9.73. The van der Waals surface area contributed by atoms with Crippen LogP contribution in [0.25, 0.3) is 0 Å². The highest BCUT2D eigenvalue weighted by molar-refractivity contribution is 7.89. The van der Waals surface area contributed by atoms with Gasteiger partial charge in [0, 0.05) is 24.9 Å². The van der Waals surface area contributed by atoms with Crippen LogP contribution < -0.4 is 0 Å². The Labute approximate surface area is 159 Å². The number of halogens is 1. The van der Waals surface area contributed by atoms with Gasteiger partial charge in [-0.1, -0.05) is 28.8 Å². The monoisotopic (exact) mass is 395 g/mol. The molecule has 0 N–H and O–H groups in total. The van der Waals surface area contributed by atoms with Crippen molar-refractivity contribution in [3.63, 3.8) is 0 Å². The Hall–Kier alpha value is -1.37. The summed E-state index contributed by atoms with van der Waals surface area (Å²) in [6.07, 6.45) is 2.82. The van der Waals surface area contributed by atoms with Gasteiger partial charge in [0.25, 0.3) is 0 Å². The molecular formula is C19H22ClNO4S. The maximum absolute atomic E-state index is 13.0. The van der Waals surface area contributed by atoms with Crippen molar-refractivity contribution in [2.75, 3.05) is 20.2 Å². The van der Waals surface area contributed by atoms with Gasteiger partial charge in [0.2, 0.25) is 10.0 Å². The van der Waals surface area contributed by atoms with E-state index in [0.717, 1.165) is 29.6 Å². The first-order valence-electron chi connectivity index (χ1n) is 8.76. The van der Waals surface area contributed by atoms with E-state index in [1.54, 1.807) is 24.3 Å². The van der Waals surface area contributed by atoms with Crippen LogP contribution in [0.1, 0.15) is 31.2 Å². The van der Waals surface area contributed by atoms with Crippen LogP contribution in [0, 0.1) is 12.3 Å². The lowest BCUT2D eigenvalue weighted by molar-refractivity contribution is -0.146. The molecule has 0 radical (unpaired) electrons. The molecule has 1 fully saturated rings. The van der Waals surface area contributed by atoms with Gasteiger partial charge >= 0.3 is 5.97 Å². The average molecular weight is 396 g/mol.